The molecule has 2 nitrogen and oxygen atoms in total. The first-order chi connectivity index (χ1) is 6.70. The van der Waals surface area contributed by atoms with Crippen molar-refractivity contribution >= 4 is 11.6 Å². The lowest BCUT2D eigenvalue weighted by Gasteiger charge is -2.19. The summed E-state index contributed by atoms with van der Waals surface area (Å²) in [5, 5.41) is 0. The van der Waals surface area contributed by atoms with Crippen molar-refractivity contribution in [2.24, 2.45) is 5.92 Å². The van der Waals surface area contributed by atoms with E-state index in [0.717, 1.165) is 24.1 Å². The smallest absolute Gasteiger partial charge is 0.229 e. The van der Waals surface area contributed by atoms with Gasteiger partial charge in [0.2, 0.25) is 5.91 Å². The molecule has 0 aromatic heterocycles. The molecule has 0 unspecified atom stereocenters. The molecule has 0 heterocycles. The van der Waals surface area contributed by atoms with Crippen molar-refractivity contribution in [3.05, 3.63) is 29.8 Å². The van der Waals surface area contributed by atoms with Gasteiger partial charge in [0.1, 0.15) is 0 Å². The van der Waals surface area contributed by atoms with Crippen LogP contribution in [0.25, 0.3) is 0 Å². The first-order valence-corrected chi connectivity index (χ1v) is 5.03. The predicted molar refractivity (Wildman–Crippen MR) is 57.3 cm³/mol. The van der Waals surface area contributed by atoms with Crippen LogP contribution in [0.2, 0.25) is 0 Å². The van der Waals surface area contributed by atoms with E-state index in [1.165, 1.54) is 0 Å². The molecule has 0 N–H and O–H groups in total. The Labute approximate surface area is 84.5 Å². The van der Waals surface area contributed by atoms with Crippen molar-refractivity contribution in [1.82, 2.24) is 0 Å². The number of anilines is 1. The number of hydrogen-bond acceptors (Lipinski definition) is 1. The fraction of sp³-hybridized carbons (Fsp3) is 0.417. The maximum Gasteiger partial charge on any atom is 0.229 e. The summed E-state index contributed by atoms with van der Waals surface area (Å²) in [6.07, 6.45) is 2.13. The standard InChI is InChI=1S/C12H15NO/c1-9-5-3-4-6-11(9)13(2)12(14)10-7-8-10/h3-6,10H,7-8H2,1-2H3. The number of hydrogen-bond donors (Lipinski definition) is 0. The SMILES string of the molecule is Cc1ccccc1N(C)C(=O)C1CC1. The summed E-state index contributed by atoms with van der Waals surface area (Å²) < 4.78 is 0. The topological polar surface area (TPSA) is 20.3 Å². The fourth-order valence-electron chi connectivity index (χ4n) is 1.66. The summed E-state index contributed by atoms with van der Waals surface area (Å²) in [5.74, 6) is 0.555. The minimum atomic E-state index is 0.263. The molecule has 1 aromatic rings. The zero-order valence-corrected chi connectivity index (χ0v) is 8.66. The Bertz CT molecular complexity index is 355. The van der Waals surface area contributed by atoms with Crippen LogP contribution in [0.5, 0.6) is 0 Å². The lowest BCUT2D eigenvalue weighted by molar-refractivity contribution is -0.119. The number of rotatable bonds is 2. The molecule has 0 bridgehead atoms. The quantitative estimate of drug-likeness (QED) is 0.699. The average molecular weight is 189 g/mol. The van der Waals surface area contributed by atoms with Crippen molar-refractivity contribution in [2.45, 2.75) is 19.8 Å². The third-order valence-corrected chi connectivity index (χ3v) is 2.73. The van der Waals surface area contributed by atoms with Crippen molar-refractivity contribution in [2.75, 3.05) is 11.9 Å². The van der Waals surface area contributed by atoms with Crippen LogP contribution >= 0.6 is 0 Å². The summed E-state index contributed by atoms with van der Waals surface area (Å²) in [7, 11) is 1.86. The largest absolute Gasteiger partial charge is 0.315 e. The molecule has 1 saturated carbocycles. The molecule has 0 spiro atoms. The van der Waals surface area contributed by atoms with Crippen LogP contribution < -0.4 is 4.90 Å². The molecule has 0 radical (unpaired) electrons. The number of para-hydroxylation sites is 1. The number of benzene rings is 1. The van der Waals surface area contributed by atoms with Gasteiger partial charge in [-0.05, 0) is 31.4 Å². The zero-order chi connectivity index (χ0) is 10.1. The number of nitrogens with zero attached hydrogens (tertiary/aromatic N) is 1. The van der Waals surface area contributed by atoms with Gasteiger partial charge >= 0.3 is 0 Å². The summed E-state index contributed by atoms with van der Waals surface area (Å²) in [5.41, 5.74) is 2.19. The first kappa shape index (κ1) is 9.25. The van der Waals surface area contributed by atoms with E-state index in [4.69, 9.17) is 0 Å². The number of aryl methyl sites for hydroxylation is 1. The van der Waals surface area contributed by atoms with Crippen LogP contribution in [-0.2, 0) is 4.79 Å². The number of amides is 1. The second kappa shape index (κ2) is 3.45. The van der Waals surface area contributed by atoms with Gasteiger partial charge in [-0.1, -0.05) is 18.2 Å². The van der Waals surface area contributed by atoms with Gasteiger partial charge in [-0.25, -0.2) is 0 Å². The molecule has 1 aromatic carbocycles. The Morgan fingerprint density at radius 3 is 2.57 bits per heavy atom. The Balaban J connectivity index is 2.21. The minimum absolute atomic E-state index is 0.263. The highest BCUT2D eigenvalue weighted by molar-refractivity contribution is 5.96. The van der Waals surface area contributed by atoms with Crippen LogP contribution in [0, 0.1) is 12.8 Å². The van der Waals surface area contributed by atoms with E-state index < -0.39 is 0 Å². The molecule has 2 heteroatoms. The van der Waals surface area contributed by atoms with E-state index in [2.05, 4.69) is 0 Å². The Hall–Kier alpha value is -1.31. The molecule has 1 aliphatic rings. The highest BCUT2D eigenvalue weighted by Crippen LogP contribution is 2.32. The fourth-order valence-corrected chi connectivity index (χ4v) is 1.66. The molecular weight excluding hydrogens is 174 g/mol. The van der Waals surface area contributed by atoms with Crippen molar-refractivity contribution in [3.63, 3.8) is 0 Å². The lowest BCUT2D eigenvalue weighted by Crippen LogP contribution is -2.28. The third kappa shape index (κ3) is 1.65. The number of carbonyl (C=O) groups is 1. The highest BCUT2D eigenvalue weighted by atomic mass is 16.2. The monoisotopic (exact) mass is 189 g/mol. The highest BCUT2D eigenvalue weighted by Gasteiger charge is 2.32. The third-order valence-electron chi connectivity index (χ3n) is 2.73. The molecule has 0 saturated heterocycles. The van der Waals surface area contributed by atoms with Gasteiger partial charge in [0.05, 0.1) is 0 Å². The van der Waals surface area contributed by atoms with Gasteiger partial charge in [-0.2, -0.15) is 0 Å². The second-order valence-corrected chi connectivity index (χ2v) is 3.96. The Morgan fingerprint density at radius 2 is 2.00 bits per heavy atom. The minimum Gasteiger partial charge on any atom is -0.315 e. The van der Waals surface area contributed by atoms with Gasteiger partial charge in [0.25, 0.3) is 0 Å². The lowest BCUT2D eigenvalue weighted by atomic mass is 10.2. The van der Waals surface area contributed by atoms with E-state index in [-0.39, 0.29) is 5.91 Å². The maximum atomic E-state index is 11.8. The summed E-state index contributed by atoms with van der Waals surface area (Å²) in [4.78, 5) is 13.6. The van der Waals surface area contributed by atoms with E-state index >= 15 is 0 Å². The van der Waals surface area contributed by atoms with Crippen molar-refractivity contribution in [1.29, 1.82) is 0 Å². The van der Waals surface area contributed by atoms with Crippen LogP contribution in [-0.4, -0.2) is 13.0 Å². The van der Waals surface area contributed by atoms with Gasteiger partial charge in [0.15, 0.2) is 0 Å². The second-order valence-electron chi connectivity index (χ2n) is 3.96. The van der Waals surface area contributed by atoms with Crippen LogP contribution in [0.4, 0.5) is 5.69 Å². The summed E-state index contributed by atoms with van der Waals surface area (Å²) in [6, 6.07) is 7.99. The molecule has 1 amide bonds. The summed E-state index contributed by atoms with van der Waals surface area (Å²) >= 11 is 0. The van der Waals surface area contributed by atoms with Crippen molar-refractivity contribution in [3.8, 4) is 0 Å². The first-order valence-electron chi connectivity index (χ1n) is 5.03. The summed E-state index contributed by atoms with van der Waals surface area (Å²) in [6.45, 7) is 2.03. The molecule has 74 valence electrons. The molecule has 1 aliphatic carbocycles. The van der Waals surface area contributed by atoms with Gasteiger partial charge in [-0.15, -0.1) is 0 Å². The molecule has 0 atom stereocenters. The Kier molecular flexibility index (Phi) is 2.28. The molecule has 1 fully saturated rings. The molecule has 14 heavy (non-hydrogen) atoms. The van der Waals surface area contributed by atoms with Crippen molar-refractivity contribution < 1.29 is 4.79 Å². The van der Waals surface area contributed by atoms with Crippen LogP contribution in [0.15, 0.2) is 24.3 Å². The van der Waals surface area contributed by atoms with Gasteiger partial charge in [0, 0.05) is 18.7 Å². The predicted octanol–water partition coefficient (Wildman–Crippen LogP) is 2.37. The van der Waals surface area contributed by atoms with E-state index in [1.807, 2.05) is 38.2 Å². The normalized spacial score (nSPS) is 15.3. The molecular formula is C12H15NO. The van der Waals surface area contributed by atoms with E-state index in [9.17, 15) is 4.79 Å². The zero-order valence-electron chi connectivity index (χ0n) is 8.66. The number of carbonyl (C=O) groups excluding carboxylic acids is 1. The van der Waals surface area contributed by atoms with Crippen LogP contribution in [0.1, 0.15) is 18.4 Å². The molecule has 2 rings (SSSR count). The van der Waals surface area contributed by atoms with E-state index in [0.29, 0.717) is 5.92 Å². The Morgan fingerprint density at radius 1 is 1.36 bits per heavy atom. The van der Waals surface area contributed by atoms with Gasteiger partial charge < -0.3 is 4.90 Å². The van der Waals surface area contributed by atoms with E-state index in [1.54, 1.807) is 4.90 Å². The molecule has 0 aliphatic heterocycles. The average Bonchev–Trinajstić information content (AvgIpc) is 3.00. The van der Waals surface area contributed by atoms with Gasteiger partial charge in [-0.3, -0.25) is 4.79 Å². The maximum absolute atomic E-state index is 11.8. The van der Waals surface area contributed by atoms with Crippen LogP contribution in [0.3, 0.4) is 0 Å².